The number of hydrogen-bond donors (Lipinski definition) is 4. The number of hydrogen-bond acceptors (Lipinski definition) is 4. The Labute approximate surface area is 248 Å². The summed E-state index contributed by atoms with van der Waals surface area (Å²) in [6.45, 7) is 4.23. The maximum absolute atomic E-state index is 3.80. The van der Waals surface area contributed by atoms with Gasteiger partial charge in [-0.05, 0) is 85.1 Å². The van der Waals surface area contributed by atoms with E-state index in [9.17, 15) is 0 Å². The molecular formula is C38H34N4. The highest BCUT2D eigenvalue weighted by Crippen LogP contribution is 2.48. The third kappa shape index (κ3) is 6.29. The van der Waals surface area contributed by atoms with E-state index in [1.165, 1.54) is 11.1 Å². The number of nitrogens with one attached hydrogen (secondary N) is 4. The van der Waals surface area contributed by atoms with Gasteiger partial charge in [0.2, 0.25) is 0 Å². The number of aryl methyl sites for hydroxylation is 2. The second kappa shape index (κ2) is 12.4. The van der Waals surface area contributed by atoms with Crippen LogP contribution in [0.2, 0.25) is 0 Å². The van der Waals surface area contributed by atoms with Crippen molar-refractivity contribution in [2.24, 2.45) is 0 Å². The highest BCUT2D eigenvalue weighted by molar-refractivity contribution is 6.04. The molecule has 4 heteroatoms. The third-order valence-corrected chi connectivity index (χ3v) is 7.08. The average molecular weight is 547 g/mol. The Kier molecular flexibility index (Phi) is 7.87. The lowest BCUT2D eigenvalue weighted by molar-refractivity contribution is 1.42. The highest BCUT2D eigenvalue weighted by atomic mass is 15.0. The Hall–Kier alpha value is -5.48. The fraction of sp³-hybridized carbons (Fsp3) is 0.0526. The highest BCUT2D eigenvalue weighted by Gasteiger charge is 2.21. The number of anilines is 8. The molecule has 0 spiro atoms. The quantitative estimate of drug-likeness (QED) is 0.146. The minimum Gasteiger partial charge on any atom is -0.354 e. The lowest BCUT2D eigenvalue weighted by Crippen LogP contribution is -2.07. The molecular weight excluding hydrogens is 512 g/mol. The summed E-state index contributed by atoms with van der Waals surface area (Å²) < 4.78 is 0. The summed E-state index contributed by atoms with van der Waals surface area (Å²) in [6, 6.07) is 50.3. The van der Waals surface area contributed by atoms with E-state index in [0.29, 0.717) is 0 Å². The van der Waals surface area contributed by atoms with Gasteiger partial charge in [0.25, 0.3) is 0 Å². The summed E-state index contributed by atoms with van der Waals surface area (Å²) in [7, 11) is 0. The third-order valence-electron chi connectivity index (χ3n) is 7.08. The Morgan fingerprint density at radius 3 is 1.36 bits per heavy atom. The zero-order chi connectivity index (χ0) is 28.7. The molecule has 0 saturated heterocycles. The molecule has 6 rings (SSSR count). The average Bonchev–Trinajstić information content (AvgIpc) is 3.01. The van der Waals surface area contributed by atoms with Gasteiger partial charge in [-0.25, -0.2) is 0 Å². The Morgan fingerprint density at radius 1 is 0.357 bits per heavy atom. The zero-order valence-corrected chi connectivity index (χ0v) is 23.9. The molecule has 0 radical (unpaired) electrons. The Morgan fingerprint density at radius 2 is 0.810 bits per heavy atom. The van der Waals surface area contributed by atoms with E-state index >= 15 is 0 Å². The molecule has 0 saturated carbocycles. The topological polar surface area (TPSA) is 48.1 Å². The van der Waals surface area contributed by atoms with Crippen LogP contribution in [-0.4, -0.2) is 0 Å². The summed E-state index contributed by atoms with van der Waals surface area (Å²) in [4.78, 5) is 0. The van der Waals surface area contributed by atoms with Crippen LogP contribution in [0.4, 0.5) is 45.5 Å². The van der Waals surface area contributed by atoms with E-state index in [-0.39, 0.29) is 0 Å². The molecule has 0 aliphatic rings. The lowest BCUT2D eigenvalue weighted by Gasteiger charge is -2.26. The van der Waals surface area contributed by atoms with Crippen LogP contribution in [-0.2, 0) is 0 Å². The van der Waals surface area contributed by atoms with Crippen molar-refractivity contribution >= 4 is 45.5 Å². The van der Waals surface area contributed by atoms with E-state index in [1.54, 1.807) is 0 Å². The molecule has 0 unspecified atom stereocenters. The first-order valence-electron chi connectivity index (χ1n) is 14.2. The first-order chi connectivity index (χ1) is 20.6. The molecule has 42 heavy (non-hydrogen) atoms. The first-order valence-corrected chi connectivity index (χ1v) is 14.2. The molecule has 206 valence electrons. The fourth-order valence-electron chi connectivity index (χ4n) is 5.09. The Balaban J connectivity index is 1.63. The van der Waals surface area contributed by atoms with Crippen molar-refractivity contribution in [3.63, 3.8) is 0 Å². The lowest BCUT2D eigenvalue weighted by atomic mass is 9.98. The van der Waals surface area contributed by atoms with Gasteiger partial charge >= 0.3 is 0 Å². The predicted octanol–water partition coefficient (Wildman–Crippen LogP) is 10.9. The first kappa shape index (κ1) is 26.7. The summed E-state index contributed by atoms with van der Waals surface area (Å²) in [5, 5.41) is 15.1. The molecule has 0 bridgehead atoms. The minimum absolute atomic E-state index is 0.933. The van der Waals surface area contributed by atoms with Crippen LogP contribution in [0.5, 0.6) is 0 Å². The normalized spacial score (nSPS) is 10.6. The minimum atomic E-state index is 0.933. The fourth-order valence-corrected chi connectivity index (χ4v) is 5.09. The molecule has 0 aromatic heterocycles. The van der Waals surface area contributed by atoms with Gasteiger partial charge in [0, 0.05) is 28.3 Å². The van der Waals surface area contributed by atoms with Crippen LogP contribution in [0, 0.1) is 13.8 Å². The van der Waals surface area contributed by atoms with Crippen molar-refractivity contribution in [2.45, 2.75) is 13.8 Å². The SMILES string of the molecule is Cc1cccc(Nc2c(Nc3ccccc3)cc(-c3ccccc3)c(Nc3cccc(C)c3)c2Nc2ccccc2)c1. The standard InChI is InChI=1S/C38H34N4/c1-27-14-12-22-32(24-27)41-36-34(29-16-6-3-7-17-29)26-35(39-30-18-8-4-9-19-30)37(42-33-23-13-15-28(2)25-33)38(36)40-31-20-10-5-11-21-31/h3-26,39-42H,1-2H3. The van der Waals surface area contributed by atoms with Gasteiger partial charge in [0.1, 0.15) is 0 Å². The maximum Gasteiger partial charge on any atom is 0.0890 e. The van der Waals surface area contributed by atoms with E-state index in [2.05, 4.69) is 144 Å². The van der Waals surface area contributed by atoms with Crippen LogP contribution >= 0.6 is 0 Å². The van der Waals surface area contributed by atoms with Gasteiger partial charge in [0.15, 0.2) is 0 Å². The van der Waals surface area contributed by atoms with Gasteiger partial charge < -0.3 is 21.3 Å². The van der Waals surface area contributed by atoms with Crippen molar-refractivity contribution < 1.29 is 0 Å². The molecule has 0 amide bonds. The van der Waals surface area contributed by atoms with Gasteiger partial charge in [-0.2, -0.15) is 0 Å². The van der Waals surface area contributed by atoms with Crippen molar-refractivity contribution in [1.29, 1.82) is 0 Å². The number of para-hydroxylation sites is 2. The van der Waals surface area contributed by atoms with Gasteiger partial charge in [-0.15, -0.1) is 0 Å². The van der Waals surface area contributed by atoms with Crippen LogP contribution in [0.3, 0.4) is 0 Å². The number of rotatable bonds is 9. The van der Waals surface area contributed by atoms with Crippen molar-refractivity contribution in [3.05, 3.63) is 157 Å². The summed E-state index contributed by atoms with van der Waals surface area (Å²) in [5.74, 6) is 0. The Bertz CT molecular complexity index is 1780. The van der Waals surface area contributed by atoms with Gasteiger partial charge in [-0.3, -0.25) is 0 Å². The molecule has 0 aliphatic heterocycles. The summed E-state index contributed by atoms with van der Waals surface area (Å²) in [6.07, 6.45) is 0. The molecule has 0 aliphatic carbocycles. The van der Waals surface area contributed by atoms with Crippen molar-refractivity contribution in [3.8, 4) is 11.1 Å². The molecule has 4 N–H and O–H groups in total. The van der Waals surface area contributed by atoms with Crippen molar-refractivity contribution in [2.75, 3.05) is 21.3 Å². The van der Waals surface area contributed by atoms with Crippen LogP contribution in [0.25, 0.3) is 11.1 Å². The van der Waals surface area contributed by atoms with E-state index in [4.69, 9.17) is 0 Å². The largest absolute Gasteiger partial charge is 0.354 e. The number of benzene rings is 6. The molecule has 0 fully saturated rings. The van der Waals surface area contributed by atoms with Crippen LogP contribution < -0.4 is 21.3 Å². The van der Waals surface area contributed by atoms with E-state index < -0.39 is 0 Å². The van der Waals surface area contributed by atoms with Crippen LogP contribution in [0.1, 0.15) is 11.1 Å². The predicted molar refractivity (Wildman–Crippen MR) is 180 cm³/mol. The molecule has 0 heterocycles. The van der Waals surface area contributed by atoms with Gasteiger partial charge in [0.05, 0.1) is 22.7 Å². The zero-order valence-electron chi connectivity index (χ0n) is 23.9. The summed E-state index contributed by atoms with van der Waals surface area (Å²) >= 11 is 0. The second-order valence-corrected chi connectivity index (χ2v) is 10.4. The molecule has 6 aromatic rings. The molecule has 0 atom stereocenters. The second-order valence-electron chi connectivity index (χ2n) is 10.4. The van der Waals surface area contributed by atoms with Crippen molar-refractivity contribution in [1.82, 2.24) is 0 Å². The van der Waals surface area contributed by atoms with Crippen LogP contribution in [0.15, 0.2) is 146 Å². The van der Waals surface area contributed by atoms with E-state index in [1.807, 2.05) is 36.4 Å². The monoisotopic (exact) mass is 546 g/mol. The smallest absolute Gasteiger partial charge is 0.0890 e. The van der Waals surface area contributed by atoms with Gasteiger partial charge in [-0.1, -0.05) is 91.0 Å². The van der Waals surface area contributed by atoms with E-state index in [0.717, 1.165) is 56.6 Å². The summed E-state index contributed by atoms with van der Waals surface area (Å²) in [5.41, 5.74) is 12.4. The molecule has 6 aromatic carbocycles. The molecule has 4 nitrogen and oxygen atoms in total. The maximum atomic E-state index is 3.80.